The monoisotopic (exact) mass is 405 g/mol. The standard InChI is InChI=1S/C20H15N5O3S/c26-17(27)11-29-20-23-18(24-25-20)13-3-1-4-14(9-13)19(28)22-15-6-7-16-12(10-15)5-2-8-21-16/h1-10H,11H2,(H,22,28)(H,26,27)(H,23,24,25). The van der Waals surface area contributed by atoms with E-state index >= 15 is 0 Å². The smallest absolute Gasteiger partial charge is 0.313 e. The zero-order valence-corrected chi connectivity index (χ0v) is 15.8. The zero-order chi connectivity index (χ0) is 20.2. The molecule has 0 radical (unpaired) electrons. The number of fused-ring (bicyclic) bond motifs is 1. The second kappa shape index (κ2) is 8.11. The van der Waals surface area contributed by atoms with E-state index in [0.717, 1.165) is 22.7 Å². The topological polar surface area (TPSA) is 121 Å². The number of carboxylic acids is 1. The van der Waals surface area contributed by atoms with Crippen molar-refractivity contribution in [3.63, 3.8) is 0 Å². The number of rotatable bonds is 6. The van der Waals surface area contributed by atoms with Gasteiger partial charge in [-0.2, -0.15) is 0 Å². The Kier molecular flexibility index (Phi) is 5.21. The lowest BCUT2D eigenvalue weighted by molar-refractivity contribution is -0.133. The number of nitrogens with one attached hydrogen (secondary N) is 2. The lowest BCUT2D eigenvalue weighted by Gasteiger charge is -2.07. The summed E-state index contributed by atoms with van der Waals surface area (Å²) in [5.41, 5.74) is 2.67. The molecule has 2 aromatic heterocycles. The number of amides is 1. The third kappa shape index (κ3) is 4.41. The predicted molar refractivity (Wildman–Crippen MR) is 110 cm³/mol. The minimum atomic E-state index is -0.934. The number of aromatic nitrogens is 4. The Labute approximate surface area is 169 Å². The fourth-order valence-corrected chi connectivity index (χ4v) is 3.26. The molecular weight excluding hydrogens is 390 g/mol. The lowest BCUT2D eigenvalue weighted by atomic mass is 10.1. The summed E-state index contributed by atoms with van der Waals surface area (Å²) in [6, 6.07) is 16.3. The highest BCUT2D eigenvalue weighted by atomic mass is 32.2. The molecule has 0 atom stereocenters. The largest absolute Gasteiger partial charge is 0.481 e. The Balaban J connectivity index is 1.51. The van der Waals surface area contributed by atoms with Crippen LogP contribution in [0.25, 0.3) is 22.3 Å². The summed E-state index contributed by atoms with van der Waals surface area (Å²) < 4.78 is 0. The van der Waals surface area contributed by atoms with Gasteiger partial charge in [0.05, 0.1) is 11.3 Å². The number of H-pyrrole nitrogens is 1. The van der Waals surface area contributed by atoms with Crippen LogP contribution in [-0.4, -0.2) is 42.9 Å². The van der Waals surface area contributed by atoms with E-state index in [1.807, 2.05) is 24.3 Å². The summed E-state index contributed by atoms with van der Waals surface area (Å²) in [4.78, 5) is 30.6. The van der Waals surface area contributed by atoms with Crippen LogP contribution in [0.3, 0.4) is 0 Å². The van der Waals surface area contributed by atoms with Crippen LogP contribution in [0.15, 0.2) is 66.0 Å². The maximum atomic E-state index is 12.7. The summed E-state index contributed by atoms with van der Waals surface area (Å²) in [6.07, 6.45) is 1.72. The third-order valence-electron chi connectivity index (χ3n) is 4.06. The number of hydrogen-bond donors (Lipinski definition) is 3. The van der Waals surface area contributed by atoms with Gasteiger partial charge in [0.1, 0.15) is 0 Å². The maximum absolute atomic E-state index is 12.7. The average Bonchev–Trinajstić information content (AvgIpc) is 3.21. The molecular formula is C20H15N5O3S. The van der Waals surface area contributed by atoms with E-state index in [9.17, 15) is 9.59 Å². The van der Waals surface area contributed by atoms with Crippen molar-refractivity contribution in [2.45, 2.75) is 5.16 Å². The molecule has 2 aromatic carbocycles. The number of anilines is 1. The predicted octanol–water partition coefficient (Wildman–Crippen LogP) is 3.45. The summed E-state index contributed by atoms with van der Waals surface area (Å²) >= 11 is 1.04. The van der Waals surface area contributed by atoms with Crippen LogP contribution in [0.2, 0.25) is 0 Å². The Morgan fingerprint density at radius 1 is 1.07 bits per heavy atom. The molecule has 0 saturated carbocycles. The van der Waals surface area contributed by atoms with Gasteiger partial charge in [-0.1, -0.05) is 30.0 Å². The van der Waals surface area contributed by atoms with Crippen LogP contribution >= 0.6 is 11.8 Å². The Bertz CT molecular complexity index is 1210. The molecule has 0 saturated heterocycles. The number of carbonyl (C=O) groups is 2. The van der Waals surface area contributed by atoms with E-state index in [1.165, 1.54) is 0 Å². The molecule has 0 spiro atoms. The van der Waals surface area contributed by atoms with E-state index in [-0.39, 0.29) is 11.7 Å². The molecule has 2 heterocycles. The van der Waals surface area contributed by atoms with Crippen molar-refractivity contribution in [1.82, 2.24) is 20.2 Å². The number of thioether (sulfide) groups is 1. The van der Waals surface area contributed by atoms with Crippen LogP contribution in [0.4, 0.5) is 5.69 Å². The van der Waals surface area contributed by atoms with E-state index in [1.54, 1.807) is 36.5 Å². The summed E-state index contributed by atoms with van der Waals surface area (Å²) in [5, 5.41) is 20.9. The van der Waals surface area contributed by atoms with E-state index in [2.05, 4.69) is 25.5 Å². The van der Waals surface area contributed by atoms with Crippen molar-refractivity contribution < 1.29 is 14.7 Å². The van der Waals surface area contributed by atoms with Gasteiger partial charge >= 0.3 is 5.97 Å². The first kappa shape index (κ1) is 18.6. The van der Waals surface area contributed by atoms with Crippen LogP contribution in [0.5, 0.6) is 0 Å². The van der Waals surface area contributed by atoms with E-state index < -0.39 is 5.97 Å². The molecule has 0 unspecified atom stereocenters. The first-order valence-corrected chi connectivity index (χ1v) is 9.61. The molecule has 0 aliphatic carbocycles. The summed E-state index contributed by atoms with van der Waals surface area (Å²) in [7, 11) is 0. The minimum absolute atomic E-state index is 0.113. The number of carboxylic acid groups (broad SMARTS) is 1. The molecule has 0 fully saturated rings. The maximum Gasteiger partial charge on any atom is 0.313 e. The van der Waals surface area contributed by atoms with Gasteiger partial charge in [-0.25, -0.2) is 0 Å². The van der Waals surface area contributed by atoms with E-state index in [0.29, 0.717) is 27.8 Å². The van der Waals surface area contributed by atoms with Gasteiger partial charge in [0.15, 0.2) is 11.0 Å². The quantitative estimate of drug-likeness (QED) is 0.420. The van der Waals surface area contributed by atoms with Gasteiger partial charge in [-0.15, -0.1) is 10.2 Å². The zero-order valence-electron chi connectivity index (χ0n) is 15.0. The number of aliphatic carboxylic acids is 1. The van der Waals surface area contributed by atoms with Gasteiger partial charge in [-0.05, 0) is 36.4 Å². The molecule has 0 bridgehead atoms. The van der Waals surface area contributed by atoms with Crippen molar-refractivity contribution in [2.24, 2.45) is 0 Å². The Hall–Kier alpha value is -3.72. The highest BCUT2D eigenvalue weighted by molar-refractivity contribution is 7.99. The number of pyridine rings is 1. The lowest BCUT2D eigenvalue weighted by Crippen LogP contribution is -2.11. The number of aromatic amines is 1. The molecule has 144 valence electrons. The van der Waals surface area contributed by atoms with Gasteiger partial charge in [-0.3, -0.25) is 14.6 Å². The highest BCUT2D eigenvalue weighted by Crippen LogP contribution is 2.22. The molecule has 0 aliphatic heterocycles. The highest BCUT2D eigenvalue weighted by Gasteiger charge is 2.11. The fraction of sp³-hybridized carbons (Fsp3) is 0.0500. The van der Waals surface area contributed by atoms with Crippen molar-refractivity contribution in [2.75, 3.05) is 11.1 Å². The Morgan fingerprint density at radius 3 is 2.83 bits per heavy atom. The second-order valence-electron chi connectivity index (χ2n) is 6.11. The van der Waals surface area contributed by atoms with Crippen LogP contribution in [0, 0.1) is 0 Å². The third-order valence-corrected chi connectivity index (χ3v) is 4.91. The summed E-state index contributed by atoms with van der Waals surface area (Å²) in [6.45, 7) is 0. The second-order valence-corrected chi connectivity index (χ2v) is 7.07. The molecule has 0 aliphatic rings. The fourth-order valence-electron chi connectivity index (χ4n) is 2.74. The number of benzene rings is 2. The SMILES string of the molecule is O=C(O)CSc1nnc(-c2cccc(C(=O)Nc3ccc4ncccc4c3)c2)[nH]1. The minimum Gasteiger partial charge on any atom is -0.481 e. The van der Waals surface area contributed by atoms with Crippen LogP contribution in [0.1, 0.15) is 10.4 Å². The molecule has 29 heavy (non-hydrogen) atoms. The van der Waals surface area contributed by atoms with Gasteiger partial charge in [0, 0.05) is 28.4 Å². The first-order valence-electron chi connectivity index (χ1n) is 8.62. The molecule has 3 N–H and O–H groups in total. The molecule has 4 aromatic rings. The number of carbonyl (C=O) groups excluding carboxylic acids is 1. The van der Waals surface area contributed by atoms with Crippen molar-refractivity contribution in [1.29, 1.82) is 0 Å². The number of nitrogens with zero attached hydrogens (tertiary/aromatic N) is 3. The summed E-state index contributed by atoms with van der Waals surface area (Å²) in [5.74, 6) is -0.839. The van der Waals surface area contributed by atoms with Crippen molar-refractivity contribution >= 4 is 40.2 Å². The van der Waals surface area contributed by atoms with Crippen LogP contribution < -0.4 is 5.32 Å². The normalized spacial score (nSPS) is 10.8. The number of hydrogen-bond acceptors (Lipinski definition) is 6. The van der Waals surface area contributed by atoms with Crippen molar-refractivity contribution in [3.8, 4) is 11.4 Å². The average molecular weight is 405 g/mol. The van der Waals surface area contributed by atoms with Gasteiger partial charge < -0.3 is 15.4 Å². The first-order chi connectivity index (χ1) is 14.1. The van der Waals surface area contributed by atoms with Crippen LogP contribution in [-0.2, 0) is 4.79 Å². The molecule has 1 amide bonds. The molecule has 4 rings (SSSR count). The van der Waals surface area contributed by atoms with E-state index in [4.69, 9.17) is 5.11 Å². The Morgan fingerprint density at radius 2 is 1.97 bits per heavy atom. The van der Waals surface area contributed by atoms with Crippen molar-refractivity contribution in [3.05, 3.63) is 66.4 Å². The molecule has 9 heteroatoms. The van der Waals surface area contributed by atoms with Gasteiger partial charge in [0.25, 0.3) is 5.91 Å². The van der Waals surface area contributed by atoms with Gasteiger partial charge in [0.2, 0.25) is 0 Å². The molecule has 8 nitrogen and oxygen atoms in total.